The van der Waals surface area contributed by atoms with Gasteiger partial charge in [-0.15, -0.1) is 0 Å². The van der Waals surface area contributed by atoms with Crippen molar-refractivity contribution in [3.63, 3.8) is 0 Å². The van der Waals surface area contributed by atoms with Crippen molar-refractivity contribution in [2.45, 2.75) is 59.1 Å². The Bertz CT molecular complexity index is 570. The molecule has 2 heterocycles. The van der Waals surface area contributed by atoms with E-state index >= 15 is 0 Å². The Morgan fingerprint density at radius 2 is 1.96 bits per heavy atom. The van der Waals surface area contributed by atoms with E-state index in [0.29, 0.717) is 18.1 Å². The molecule has 2 aliphatic heterocycles. The lowest BCUT2D eigenvalue weighted by Gasteiger charge is -2.48. The molecule has 4 heteroatoms. The van der Waals surface area contributed by atoms with Gasteiger partial charge in [0.2, 0.25) is 6.79 Å². The number of rotatable bonds is 6. The monoisotopic (exact) mass is 333 g/mol. The van der Waals surface area contributed by atoms with Crippen LogP contribution in [0.4, 0.5) is 0 Å². The molecule has 1 saturated heterocycles. The zero-order chi connectivity index (χ0) is 17.2. The summed E-state index contributed by atoms with van der Waals surface area (Å²) in [5.74, 6) is 2.38. The fourth-order valence-corrected chi connectivity index (χ4v) is 4.13. The second-order valence-corrected chi connectivity index (χ2v) is 8.17. The molecule has 2 aliphatic rings. The molecule has 1 N–H and O–H groups in total. The van der Waals surface area contributed by atoms with Crippen molar-refractivity contribution in [2.24, 2.45) is 11.3 Å². The molecule has 0 aliphatic carbocycles. The average Bonchev–Trinajstić information content (AvgIpc) is 2.98. The standard InChI is InChI=1S/C20H31NO3/c1-15(2)20(8-10-24-19(3,4)13-20)7-9-21-12-16-5-6-17-18(11-16)23-14-22-17/h5-6,11,15,21H,7-10,12-14H2,1-4H3/t20-/m0/s1. The average molecular weight is 333 g/mol. The Labute approximate surface area is 145 Å². The molecule has 1 atom stereocenters. The van der Waals surface area contributed by atoms with Crippen LogP contribution < -0.4 is 14.8 Å². The first-order chi connectivity index (χ1) is 11.4. The van der Waals surface area contributed by atoms with Crippen LogP contribution in [0.2, 0.25) is 0 Å². The fourth-order valence-electron chi connectivity index (χ4n) is 4.13. The van der Waals surface area contributed by atoms with E-state index in [1.807, 2.05) is 6.07 Å². The molecule has 134 valence electrons. The van der Waals surface area contributed by atoms with Gasteiger partial charge < -0.3 is 19.5 Å². The van der Waals surface area contributed by atoms with Crippen molar-refractivity contribution >= 4 is 0 Å². The molecule has 0 radical (unpaired) electrons. The largest absolute Gasteiger partial charge is 0.454 e. The molecule has 0 spiro atoms. The van der Waals surface area contributed by atoms with E-state index in [0.717, 1.165) is 37.6 Å². The van der Waals surface area contributed by atoms with Crippen LogP contribution in [-0.4, -0.2) is 25.5 Å². The van der Waals surface area contributed by atoms with Gasteiger partial charge in [-0.3, -0.25) is 0 Å². The van der Waals surface area contributed by atoms with Crippen molar-refractivity contribution in [2.75, 3.05) is 19.9 Å². The van der Waals surface area contributed by atoms with Crippen LogP contribution in [0.3, 0.4) is 0 Å². The Morgan fingerprint density at radius 1 is 1.17 bits per heavy atom. The van der Waals surface area contributed by atoms with Crippen LogP contribution in [0.5, 0.6) is 11.5 Å². The van der Waals surface area contributed by atoms with Crippen LogP contribution >= 0.6 is 0 Å². The Morgan fingerprint density at radius 3 is 2.71 bits per heavy atom. The first-order valence-corrected chi connectivity index (χ1v) is 9.13. The Balaban J connectivity index is 1.52. The summed E-state index contributed by atoms with van der Waals surface area (Å²) in [6, 6.07) is 6.18. The minimum absolute atomic E-state index is 0.000156. The molecule has 4 nitrogen and oxygen atoms in total. The van der Waals surface area contributed by atoms with Crippen LogP contribution in [-0.2, 0) is 11.3 Å². The van der Waals surface area contributed by atoms with E-state index in [9.17, 15) is 0 Å². The summed E-state index contributed by atoms with van der Waals surface area (Å²) in [5.41, 5.74) is 1.62. The van der Waals surface area contributed by atoms with Crippen molar-refractivity contribution in [3.05, 3.63) is 23.8 Å². The minimum atomic E-state index is -0.000156. The topological polar surface area (TPSA) is 39.7 Å². The Hall–Kier alpha value is -1.26. The van der Waals surface area contributed by atoms with Crippen LogP contribution in [0.25, 0.3) is 0 Å². The third-order valence-corrected chi connectivity index (χ3v) is 5.66. The lowest BCUT2D eigenvalue weighted by molar-refractivity contribution is -0.121. The molecule has 1 aromatic carbocycles. The van der Waals surface area contributed by atoms with Gasteiger partial charge in [0.1, 0.15) is 0 Å². The first kappa shape index (κ1) is 17.6. The number of ether oxygens (including phenoxy) is 3. The van der Waals surface area contributed by atoms with Crippen LogP contribution in [0.1, 0.15) is 52.5 Å². The fraction of sp³-hybridized carbons (Fsp3) is 0.700. The van der Waals surface area contributed by atoms with Gasteiger partial charge in [0.15, 0.2) is 11.5 Å². The smallest absolute Gasteiger partial charge is 0.231 e. The summed E-state index contributed by atoms with van der Waals surface area (Å²) in [5, 5.41) is 3.61. The summed E-state index contributed by atoms with van der Waals surface area (Å²) in [7, 11) is 0. The predicted molar refractivity (Wildman–Crippen MR) is 95.4 cm³/mol. The summed E-state index contributed by atoms with van der Waals surface area (Å²) in [4.78, 5) is 0. The van der Waals surface area contributed by atoms with E-state index in [-0.39, 0.29) is 5.60 Å². The van der Waals surface area contributed by atoms with Crippen molar-refractivity contribution in [3.8, 4) is 11.5 Å². The normalized spacial score (nSPS) is 25.2. The number of nitrogens with one attached hydrogen (secondary N) is 1. The zero-order valence-electron chi connectivity index (χ0n) is 15.5. The van der Waals surface area contributed by atoms with Gasteiger partial charge in [0, 0.05) is 13.2 Å². The highest BCUT2D eigenvalue weighted by atomic mass is 16.7. The van der Waals surface area contributed by atoms with Crippen molar-refractivity contribution in [1.82, 2.24) is 5.32 Å². The maximum Gasteiger partial charge on any atom is 0.231 e. The maximum absolute atomic E-state index is 5.94. The molecule has 1 fully saturated rings. The van der Waals surface area contributed by atoms with E-state index in [1.54, 1.807) is 0 Å². The third-order valence-electron chi connectivity index (χ3n) is 5.66. The van der Waals surface area contributed by atoms with Gasteiger partial charge in [-0.25, -0.2) is 0 Å². The van der Waals surface area contributed by atoms with E-state index < -0.39 is 0 Å². The highest BCUT2D eigenvalue weighted by molar-refractivity contribution is 5.44. The highest BCUT2D eigenvalue weighted by Gasteiger charge is 2.42. The second-order valence-electron chi connectivity index (χ2n) is 8.17. The molecule has 3 rings (SSSR count). The number of hydrogen-bond acceptors (Lipinski definition) is 4. The van der Waals surface area contributed by atoms with E-state index in [1.165, 1.54) is 18.4 Å². The molecule has 1 aromatic rings. The van der Waals surface area contributed by atoms with Gasteiger partial charge in [0.25, 0.3) is 0 Å². The lowest BCUT2D eigenvalue weighted by atomic mass is 9.65. The van der Waals surface area contributed by atoms with E-state index in [2.05, 4.69) is 45.1 Å². The quantitative estimate of drug-likeness (QED) is 0.795. The number of benzene rings is 1. The van der Waals surface area contributed by atoms with Gasteiger partial charge in [-0.2, -0.15) is 0 Å². The van der Waals surface area contributed by atoms with Gasteiger partial charge in [0.05, 0.1) is 5.60 Å². The molecule has 0 unspecified atom stereocenters. The summed E-state index contributed by atoms with van der Waals surface area (Å²) in [6.07, 6.45) is 3.51. The second kappa shape index (κ2) is 6.93. The van der Waals surface area contributed by atoms with Crippen LogP contribution in [0.15, 0.2) is 18.2 Å². The van der Waals surface area contributed by atoms with Crippen molar-refractivity contribution in [1.29, 1.82) is 0 Å². The molecule has 0 amide bonds. The van der Waals surface area contributed by atoms with Gasteiger partial charge in [-0.1, -0.05) is 19.9 Å². The SMILES string of the molecule is CC(C)[C@@]1(CCNCc2ccc3c(c2)OCO3)CCOC(C)(C)C1. The number of hydrogen-bond donors (Lipinski definition) is 1. The zero-order valence-corrected chi connectivity index (χ0v) is 15.5. The van der Waals surface area contributed by atoms with Gasteiger partial charge in [-0.05, 0) is 68.7 Å². The molecule has 0 saturated carbocycles. The third kappa shape index (κ3) is 3.86. The molecular weight excluding hydrogens is 302 g/mol. The highest BCUT2D eigenvalue weighted by Crippen LogP contribution is 2.46. The molecular formula is C20H31NO3. The molecule has 24 heavy (non-hydrogen) atoms. The summed E-state index contributed by atoms with van der Waals surface area (Å²) >= 11 is 0. The van der Waals surface area contributed by atoms with Gasteiger partial charge >= 0.3 is 0 Å². The summed E-state index contributed by atoms with van der Waals surface area (Å²) < 4.78 is 16.8. The minimum Gasteiger partial charge on any atom is -0.454 e. The summed E-state index contributed by atoms with van der Waals surface area (Å²) in [6.45, 7) is 12.3. The molecule has 0 aromatic heterocycles. The predicted octanol–water partition coefficient (Wildman–Crippen LogP) is 4.13. The first-order valence-electron chi connectivity index (χ1n) is 9.13. The van der Waals surface area contributed by atoms with Crippen molar-refractivity contribution < 1.29 is 14.2 Å². The van der Waals surface area contributed by atoms with E-state index in [4.69, 9.17) is 14.2 Å². The maximum atomic E-state index is 5.94. The Kier molecular flexibility index (Phi) is 5.07. The molecule has 0 bridgehead atoms. The van der Waals surface area contributed by atoms with Crippen LogP contribution in [0, 0.1) is 11.3 Å². The lowest BCUT2D eigenvalue weighted by Crippen LogP contribution is -2.45. The number of fused-ring (bicyclic) bond motifs is 1.